The van der Waals surface area contributed by atoms with Crippen LogP contribution in [-0.2, 0) is 6.42 Å². The Labute approximate surface area is 174 Å². The first kappa shape index (κ1) is 21.4. The minimum atomic E-state index is -0.610. The Morgan fingerprint density at radius 2 is 1.93 bits per heavy atom. The summed E-state index contributed by atoms with van der Waals surface area (Å²) in [6, 6.07) is 8.40. The predicted molar refractivity (Wildman–Crippen MR) is 111 cm³/mol. The van der Waals surface area contributed by atoms with Crippen molar-refractivity contribution in [2.45, 2.75) is 12.5 Å². The molecular weight excluding hydrogens is 390 g/mol. The number of rotatable bonds is 8. The summed E-state index contributed by atoms with van der Waals surface area (Å²) < 4.78 is 15.9. The molecule has 0 spiro atoms. The number of likely N-dealkylation sites (N-methyl/N-ethyl adjacent to an activating group) is 1. The van der Waals surface area contributed by atoms with Crippen LogP contribution in [0.15, 0.2) is 30.3 Å². The van der Waals surface area contributed by atoms with Crippen LogP contribution in [0, 0.1) is 10.1 Å². The molecule has 1 heterocycles. The van der Waals surface area contributed by atoms with E-state index in [2.05, 4.69) is 11.4 Å². The standard InChI is InChI=1S/C21H25N3O6/c1-23(2)17(13-5-6-18-14(9-13)7-8-30-18)12-22-21(25)15-10-19(28-3)20(29-4)11-16(15)24(26)27/h5-6,9-11,17H,7-8,12H2,1-4H3,(H,22,25). The predicted octanol–water partition coefficient (Wildman–Crippen LogP) is 2.58. The zero-order chi connectivity index (χ0) is 21.8. The second-order valence-electron chi connectivity index (χ2n) is 7.14. The SMILES string of the molecule is COc1cc(C(=O)NCC(c2ccc3c(c2)CCO3)N(C)C)c([N+](=O)[O-])cc1OC. The molecule has 9 nitrogen and oxygen atoms in total. The molecule has 0 radical (unpaired) electrons. The van der Waals surface area contributed by atoms with Gasteiger partial charge in [0.05, 0.1) is 37.9 Å². The highest BCUT2D eigenvalue weighted by Crippen LogP contribution is 2.34. The number of nitro groups is 1. The molecule has 30 heavy (non-hydrogen) atoms. The number of fused-ring (bicyclic) bond motifs is 1. The maximum Gasteiger partial charge on any atom is 0.286 e. The largest absolute Gasteiger partial charge is 0.493 e. The second-order valence-corrected chi connectivity index (χ2v) is 7.14. The van der Waals surface area contributed by atoms with Crippen molar-refractivity contribution in [1.82, 2.24) is 10.2 Å². The lowest BCUT2D eigenvalue weighted by Gasteiger charge is -2.25. The van der Waals surface area contributed by atoms with Crippen LogP contribution in [0.2, 0.25) is 0 Å². The summed E-state index contributed by atoms with van der Waals surface area (Å²) in [5.41, 5.74) is 1.74. The third kappa shape index (κ3) is 4.30. The maximum absolute atomic E-state index is 12.8. The van der Waals surface area contributed by atoms with Gasteiger partial charge in [-0.15, -0.1) is 0 Å². The lowest BCUT2D eigenvalue weighted by Crippen LogP contribution is -2.34. The molecular formula is C21H25N3O6. The highest BCUT2D eigenvalue weighted by molar-refractivity contribution is 5.99. The van der Waals surface area contributed by atoms with E-state index < -0.39 is 10.8 Å². The molecule has 1 unspecified atom stereocenters. The second kappa shape index (κ2) is 9.00. The summed E-state index contributed by atoms with van der Waals surface area (Å²) in [4.78, 5) is 25.7. The average Bonchev–Trinajstić information content (AvgIpc) is 3.20. The van der Waals surface area contributed by atoms with Crippen molar-refractivity contribution in [3.63, 3.8) is 0 Å². The van der Waals surface area contributed by atoms with Crippen molar-refractivity contribution in [1.29, 1.82) is 0 Å². The topological polar surface area (TPSA) is 103 Å². The lowest BCUT2D eigenvalue weighted by molar-refractivity contribution is -0.385. The number of hydrogen-bond donors (Lipinski definition) is 1. The molecule has 0 aliphatic carbocycles. The van der Waals surface area contributed by atoms with Gasteiger partial charge in [0.2, 0.25) is 0 Å². The Morgan fingerprint density at radius 3 is 2.57 bits per heavy atom. The van der Waals surface area contributed by atoms with Crippen molar-refractivity contribution < 1.29 is 23.9 Å². The van der Waals surface area contributed by atoms with Crippen LogP contribution in [0.5, 0.6) is 17.2 Å². The van der Waals surface area contributed by atoms with Crippen LogP contribution in [0.4, 0.5) is 5.69 Å². The van der Waals surface area contributed by atoms with Gasteiger partial charge in [0.25, 0.3) is 11.6 Å². The molecule has 1 N–H and O–H groups in total. The van der Waals surface area contributed by atoms with E-state index in [1.165, 1.54) is 26.4 Å². The van der Waals surface area contributed by atoms with Crippen molar-refractivity contribution in [2.24, 2.45) is 0 Å². The van der Waals surface area contributed by atoms with Gasteiger partial charge in [-0.05, 0) is 31.3 Å². The summed E-state index contributed by atoms with van der Waals surface area (Å²) in [6.07, 6.45) is 0.855. The van der Waals surface area contributed by atoms with E-state index in [4.69, 9.17) is 14.2 Å². The van der Waals surface area contributed by atoms with Crippen LogP contribution in [0.3, 0.4) is 0 Å². The quantitative estimate of drug-likeness (QED) is 0.522. The molecule has 0 bridgehead atoms. The number of nitrogens with zero attached hydrogens (tertiary/aromatic N) is 2. The normalized spacial score (nSPS) is 13.4. The molecule has 1 amide bonds. The van der Waals surface area contributed by atoms with E-state index in [0.29, 0.717) is 6.61 Å². The van der Waals surface area contributed by atoms with Gasteiger partial charge < -0.3 is 24.4 Å². The summed E-state index contributed by atoms with van der Waals surface area (Å²) in [5, 5.41) is 14.3. The number of ether oxygens (including phenoxy) is 3. The van der Waals surface area contributed by atoms with Gasteiger partial charge in [0, 0.05) is 19.0 Å². The van der Waals surface area contributed by atoms with Gasteiger partial charge in [-0.25, -0.2) is 0 Å². The van der Waals surface area contributed by atoms with Crippen molar-refractivity contribution in [2.75, 3.05) is 41.5 Å². The zero-order valence-corrected chi connectivity index (χ0v) is 17.4. The Kier molecular flexibility index (Phi) is 6.41. The van der Waals surface area contributed by atoms with Crippen LogP contribution in [0.25, 0.3) is 0 Å². The maximum atomic E-state index is 12.8. The summed E-state index contributed by atoms with van der Waals surface area (Å²) in [7, 11) is 6.62. The highest BCUT2D eigenvalue weighted by atomic mass is 16.6. The fraction of sp³-hybridized carbons (Fsp3) is 0.381. The van der Waals surface area contributed by atoms with Crippen LogP contribution in [-0.4, -0.2) is 57.2 Å². The number of nitro benzene ring substituents is 1. The molecule has 160 valence electrons. The molecule has 2 aromatic rings. The molecule has 0 saturated carbocycles. The van der Waals surface area contributed by atoms with Gasteiger partial charge in [0.15, 0.2) is 11.5 Å². The summed E-state index contributed by atoms with van der Waals surface area (Å²) >= 11 is 0. The monoisotopic (exact) mass is 415 g/mol. The Hall–Kier alpha value is -3.33. The van der Waals surface area contributed by atoms with Crippen LogP contribution in [0.1, 0.15) is 27.5 Å². The number of methoxy groups -OCH3 is 2. The Morgan fingerprint density at radius 1 is 1.23 bits per heavy atom. The molecule has 0 saturated heterocycles. The average molecular weight is 415 g/mol. The fourth-order valence-corrected chi connectivity index (χ4v) is 3.50. The molecule has 1 aliphatic heterocycles. The minimum absolute atomic E-state index is 0.0856. The fourth-order valence-electron chi connectivity index (χ4n) is 3.50. The van der Waals surface area contributed by atoms with Gasteiger partial charge in [0.1, 0.15) is 11.3 Å². The van der Waals surface area contributed by atoms with E-state index >= 15 is 0 Å². The zero-order valence-electron chi connectivity index (χ0n) is 17.4. The molecule has 0 aromatic heterocycles. The first-order chi connectivity index (χ1) is 14.3. The molecule has 9 heteroatoms. The first-order valence-electron chi connectivity index (χ1n) is 9.46. The molecule has 0 fully saturated rings. The highest BCUT2D eigenvalue weighted by Gasteiger charge is 2.26. The molecule has 1 atom stereocenters. The number of benzene rings is 2. The Balaban J connectivity index is 1.83. The minimum Gasteiger partial charge on any atom is -0.493 e. The van der Waals surface area contributed by atoms with E-state index in [1.807, 2.05) is 31.1 Å². The number of amides is 1. The Bertz CT molecular complexity index is 960. The first-order valence-corrected chi connectivity index (χ1v) is 9.46. The number of carbonyl (C=O) groups excluding carboxylic acids is 1. The van der Waals surface area contributed by atoms with Gasteiger partial charge in [-0.1, -0.05) is 12.1 Å². The third-order valence-electron chi connectivity index (χ3n) is 5.12. The van der Waals surface area contributed by atoms with Crippen LogP contribution < -0.4 is 19.5 Å². The third-order valence-corrected chi connectivity index (χ3v) is 5.12. The van der Waals surface area contributed by atoms with E-state index in [0.717, 1.165) is 23.3 Å². The van der Waals surface area contributed by atoms with E-state index in [9.17, 15) is 14.9 Å². The van der Waals surface area contributed by atoms with Crippen molar-refractivity contribution in [3.05, 3.63) is 57.1 Å². The number of carbonyl (C=O) groups is 1. The number of hydrogen-bond acceptors (Lipinski definition) is 7. The molecule has 3 rings (SSSR count). The lowest BCUT2D eigenvalue weighted by atomic mass is 10.0. The summed E-state index contributed by atoms with van der Waals surface area (Å²) in [6.45, 7) is 0.947. The van der Waals surface area contributed by atoms with E-state index in [-0.39, 0.29) is 35.3 Å². The van der Waals surface area contributed by atoms with Gasteiger partial charge in [-0.3, -0.25) is 14.9 Å². The van der Waals surface area contributed by atoms with Crippen LogP contribution >= 0.6 is 0 Å². The molecule has 1 aliphatic rings. The van der Waals surface area contributed by atoms with Crippen molar-refractivity contribution in [3.8, 4) is 17.2 Å². The summed E-state index contributed by atoms with van der Waals surface area (Å²) in [5.74, 6) is 0.767. The molecule has 2 aromatic carbocycles. The smallest absolute Gasteiger partial charge is 0.286 e. The van der Waals surface area contributed by atoms with E-state index in [1.54, 1.807) is 0 Å². The number of nitrogens with one attached hydrogen (secondary N) is 1. The van der Waals surface area contributed by atoms with Crippen molar-refractivity contribution >= 4 is 11.6 Å². The van der Waals surface area contributed by atoms with Gasteiger partial charge >= 0.3 is 0 Å². The van der Waals surface area contributed by atoms with Gasteiger partial charge in [-0.2, -0.15) is 0 Å².